The fraction of sp³-hybridized carbons (Fsp3) is 0.457. The second kappa shape index (κ2) is 25.3. The van der Waals surface area contributed by atoms with Crippen LogP contribution in [0.25, 0.3) is 0 Å². The van der Waals surface area contributed by atoms with Gasteiger partial charge < -0.3 is 57.3 Å². The van der Waals surface area contributed by atoms with Crippen molar-refractivity contribution < 1.29 is 63.2 Å². The van der Waals surface area contributed by atoms with Crippen LogP contribution < -0.4 is 37.2 Å². The van der Waals surface area contributed by atoms with Gasteiger partial charge in [0, 0.05) is 18.4 Å². The molecule has 1 aliphatic rings. The monoisotopic (exact) mass is 919 g/mol. The average molecular weight is 920 g/mol. The Morgan fingerprint density at radius 2 is 1.38 bits per heavy atom. The molecular weight excluding hydrogens is 859 g/mol. The first-order valence-electron chi connectivity index (χ1n) is 21.5. The van der Waals surface area contributed by atoms with Crippen molar-refractivity contribution in [1.29, 1.82) is 0 Å². The molecule has 0 bridgehead atoms. The summed E-state index contributed by atoms with van der Waals surface area (Å²) in [6.45, 7) is 10.5. The maximum Gasteiger partial charge on any atom is 0.328 e. The maximum atomic E-state index is 14.4. The molecule has 0 saturated carbocycles. The Morgan fingerprint density at radius 1 is 0.773 bits per heavy atom. The summed E-state index contributed by atoms with van der Waals surface area (Å²) >= 11 is 0. The number of rotatable bonds is 16. The van der Waals surface area contributed by atoms with Crippen molar-refractivity contribution in [2.24, 2.45) is 5.92 Å². The van der Waals surface area contributed by atoms with E-state index in [9.17, 15) is 58.5 Å². The van der Waals surface area contributed by atoms with Gasteiger partial charge >= 0.3 is 11.9 Å². The SMILES string of the molecule is C/C=C1\NC(=O)[C@H](C)NC(=O)[C@@H](NC(=O)[C@@H](Cc2ccc(O)cc2)NC(=O)[C@@H](NC(=O)/C(C)=C/C)C(C)C)[C@@H](C)OC(=O)[C@H](CCCc2ccc(O)cc2)NC(=O)[C@@H](CCC(=O)O)NC1=O. The number of phenols is 2. The molecule has 0 unspecified atom stereocenters. The molecule has 2 aromatic rings. The zero-order valence-electron chi connectivity index (χ0n) is 38.1. The predicted octanol–water partition coefficient (Wildman–Crippen LogP) is 1.04. The van der Waals surface area contributed by atoms with E-state index in [1.807, 2.05) is 0 Å². The van der Waals surface area contributed by atoms with Crippen molar-refractivity contribution in [3.63, 3.8) is 0 Å². The van der Waals surface area contributed by atoms with Gasteiger partial charge in [-0.05, 0) is 102 Å². The number of cyclic esters (lactones) is 1. The predicted molar refractivity (Wildman–Crippen MR) is 239 cm³/mol. The number of carbonyl (C=O) groups excluding carboxylic acids is 8. The highest BCUT2D eigenvalue weighted by atomic mass is 16.5. The molecule has 3 rings (SSSR count). The van der Waals surface area contributed by atoms with Crippen LogP contribution >= 0.6 is 0 Å². The van der Waals surface area contributed by atoms with E-state index in [4.69, 9.17) is 4.74 Å². The molecular formula is C46H61N7O13. The number of nitrogens with one attached hydrogen (secondary N) is 7. The number of aryl methyl sites for hydroxylation is 1. The molecule has 358 valence electrons. The van der Waals surface area contributed by atoms with Gasteiger partial charge in [-0.1, -0.05) is 50.3 Å². The lowest BCUT2D eigenvalue weighted by Crippen LogP contribution is -2.62. The Hall–Kier alpha value is -7.25. The first-order valence-corrected chi connectivity index (χ1v) is 21.5. The van der Waals surface area contributed by atoms with Crippen molar-refractivity contribution in [3.05, 3.63) is 83.1 Å². The molecule has 0 radical (unpaired) electrons. The van der Waals surface area contributed by atoms with Crippen molar-refractivity contribution >= 4 is 53.3 Å². The van der Waals surface area contributed by atoms with Crippen LogP contribution in [0.4, 0.5) is 0 Å². The molecule has 10 N–H and O–H groups in total. The van der Waals surface area contributed by atoms with Gasteiger partial charge in [0.15, 0.2) is 0 Å². The van der Waals surface area contributed by atoms with Crippen LogP contribution in [0.1, 0.15) is 85.3 Å². The molecule has 20 nitrogen and oxygen atoms in total. The number of esters is 1. The number of amides is 7. The number of aliphatic carboxylic acids is 1. The molecule has 1 aliphatic heterocycles. The van der Waals surface area contributed by atoms with E-state index < -0.39 is 114 Å². The van der Waals surface area contributed by atoms with Gasteiger partial charge in [0.1, 0.15) is 59.6 Å². The second-order valence-electron chi connectivity index (χ2n) is 16.2. The van der Waals surface area contributed by atoms with Crippen LogP contribution in [0.3, 0.4) is 0 Å². The number of allylic oxidation sites excluding steroid dienone is 2. The van der Waals surface area contributed by atoms with Crippen LogP contribution in [0, 0.1) is 5.92 Å². The fourth-order valence-electron chi connectivity index (χ4n) is 6.58. The van der Waals surface area contributed by atoms with E-state index in [2.05, 4.69) is 37.2 Å². The third-order valence-corrected chi connectivity index (χ3v) is 10.7. The van der Waals surface area contributed by atoms with E-state index >= 15 is 0 Å². The number of carbonyl (C=O) groups is 9. The molecule has 0 aliphatic carbocycles. The smallest absolute Gasteiger partial charge is 0.328 e. The number of hydrogen-bond donors (Lipinski definition) is 10. The molecule has 7 amide bonds. The van der Waals surface area contributed by atoms with E-state index in [1.54, 1.807) is 45.9 Å². The number of carboxylic acid groups (broad SMARTS) is 1. The summed E-state index contributed by atoms with van der Waals surface area (Å²) in [4.78, 5) is 121. The first kappa shape index (κ1) is 53.1. The first-order chi connectivity index (χ1) is 31.1. The summed E-state index contributed by atoms with van der Waals surface area (Å²) in [5, 5.41) is 46.7. The van der Waals surface area contributed by atoms with Crippen LogP contribution in [0.2, 0.25) is 0 Å². The topological polar surface area (TPSA) is 308 Å². The molecule has 1 saturated heterocycles. The molecule has 66 heavy (non-hydrogen) atoms. The summed E-state index contributed by atoms with van der Waals surface area (Å²) < 4.78 is 5.78. The number of ether oxygens (including phenoxy) is 1. The molecule has 20 heteroatoms. The standard InChI is InChI=1S/C46H61N7O13/c1-8-25(5)39(58)52-37(24(3)4)44(63)51-35(23-29-15-19-31(55)20-16-29)43(62)53-38-27(7)66-46(65)34(12-10-11-28-13-17-30(54)18-14-28)50-42(61)33(21-22-36(56)57)49-41(60)32(9-2)48-40(59)26(6)47-45(38)64/h8-9,13-20,24,26-27,33-35,37-38,54-55H,10-12,21-23H2,1-7H3,(H,47,64)(H,48,59)(H,49,60)(H,50,61)(H,51,63)(H,52,58)(H,53,62)(H,56,57)/b25-8+,32-9-/t26-,27+,33+,34-,35+,37-,38-/m0/s1. The Kier molecular flexibility index (Phi) is 20.3. The summed E-state index contributed by atoms with van der Waals surface area (Å²) in [7, 11) is 0. The third-order valence-electron chi connectivity index (χ3n) is 10.7. The quantitative estimate of drug-likeness (QED) is 0.0833. The van der Waals surface area contributed by atoms with E-state index in [0.29, 0.717) is 17.6 Å². The highest BCUT2D eigenvalue weighted by Crippen LogP contribution is 2.16. The van der Waals surface area contributed by atoms with Crippen molar-refractivity contribution in [2.75, 3.05) is 0 Å². The normalized spacial score (nSPS) is 21.6. The average Bonchev–Trinajstić information content (AvgIpc) is 3.27. The minimum atomic E-state index is -1.78. The number of benzene rings is 2. The van der Waals surface area contributed by atoms with Crippen LogP contribution in [-0.2, 0) is 60.7 Å². The molecule has 7 atom stereocenters. The van der Waals surface area contributed by atoms with Gasteiger partial charge in [-0.2, -0.15) is 0 Å². The zero-order chi connectivity index (χ0) is 49.2. The lowest BCUT2D eigenvalue weighted by Gasteiger charge is -2.30. The van der Waals surface area contributed by atoms with Crippen LogP contribution in [0.5, 0.6) is 11.5 Å². The van der Waals surface area contributed by atoms with Crippen LogP contribution in [0.15, 0.2) is 72.0 Å². The Labute approximate surface area is 382 Å². The maximum absolute atomic E-state index is 14.4. The fourth-order valence-corrected chi connectivity index (χ4v) is 6.58. The number of phenolic OH excluding ortho intramolecular Hbond substituents is 2. The Bertz CT molecular complexity index is 2160. The Morgan fingerprint density at radius 3 is 1.94 bits per heavy atom. The van der Waals surface area contributed by atoms with Gasteiger partial charge in [-0.25, -0.2) is 4.79 Å². The highest BCUT2D eigenvalue weighted by Gasteiger charge is 2.38. The summed E-state index contributed by atoms with van der Waals surface area (Å²) in [6, 6.07) is 3.29. The Balaban J connectivity index is 2.08. The number of aromatic hydroxyl groups is 2. The van der Waals surface area contributed by atoms with E-state index in [1.165, 1.54) is 63.2 Å². The van der Waals surface area contributed by atoms with Gasteiger partial charge in [-0.3, -0.25) is 38.4 Å². The number of hydrogen-bond acceptors (Lipinski definition) is 12. The zero-order valence-corrected chi connectivity index (χ0v) is 38.1. The van der Waals surface area contributed by atoms with Gasteiger partial charge in [0.05, 0.1) is 0 Å². The summed E-state index contributed by atoms with van der Waals surface area (Å²) in [5.41, 5.74) is 1.23. The molecule has 1 fully saturated rings. The third kappa shape index (κ3) is 16.4. The summed E-state index contributed by atoms with van der Waals surface area (Å²) in [5.74, 6) is -8.97. The van der Waals surface area contributed by atoms with E-state index in [-0.39, 0.29) is 36.5 Å². The second-order valence-corrected chi connectivity index (χ2v) is 16.2. The lowest BCUT2D eigenvalue weighted by molar-refractivity contribution is -0.156. The van der Waals surface area contributed by atoms with E-state index in [0.717, 1.165) is 5.56 Å². The number of carboxylic acids is 1. The van der Waals surface area contributed by atoms with Crippen LogP contribution in [-0.4, -0.2) is 111 Å². The van der Waals surface area contributed by atoms with Crippen molar-refractivity contribution in [2.45, 2.75) is 129 Å². The largest absolute Gasteiger partial charge is 0.508 e. The highest BCUT2D eigenvalue weighted by molar-refractivity contribution is 6.02. The summed E-state index contributed by atoms with van der Waals surface area (Å²) in [6.07, 6.45) is 0.611. The van der Waals surface area contributed by atoms with Crippen molar-refractivity contribution in [3.8, 4) is 11.5 Å². The lowest BCUT2D eigenvalue weighted by atomic mass is 10.00. The molecule has 2 aromatic carbocycles. The minimum Gasteiger partial charge on any atom is -0.508 e. The minimum absolute atomic E-state index is 0.0359. The molecule has 0 aromatic heterocycles. The molecule has 1 heterocycles. The van der Waals surface area contributed by atoms with Gasteiger partial charge in [0.2, 0.25) is 35.4 Å². The van der Waals surface area contributed by atoms with Crippen molar-refractivity contribution in [1.82, 2.24) is 37.2 Å². The molecule has 0 spiro atoms. The van der Waals surface area contributed by atoms with Gasteiger partial charge in [-0.15, -0.1) is 0 Å². The van der Waals surface area contributed by atoms with Gasteiger partial charge in [0.25, 0.3) is 5.91 Å².